The molecule has 32 heteroatoms. The zero-order valence-corrected chi connectivity index (χ0v) is 47.6. The zero-order chi connectivity index (χ0) is 65.7. The summed E-state index contributed by atoms with van der Waals surface area (Å²) < 4.78 is 6.33. The summed E-state index contributed by atoms with van der Waals surface area (Å²) in [5.74, 6) is 2.61. The molecule has 10 aromatic carbocycles. The van der Waals surface area contributed by atoms with Gasteiger partial charge in [-0.2, -0.15) is 0 Å². The van der Waals surface area contributed by atoms with E-state index >= 15 is 0 Å². The molecule has 1 aromatic heterocycles. The monoisotopic (exact) mass is 1050 g/mol. The molecule has 1 heterocycles. The third-order valence-corrected chi connectivity index (χ3v) is 17.4. The van der Waals surface area contributed by atoms with Crippen molar-refractivity contribution >= 4 is 461 Å². The van der Waals surface area contributed by atoms with Gasteiger partial charge in [-0.1, -0.05) is 0 Å². The van der Waals surface area contributed by atoms with Crippen LogP contribution in [0, 0.1) is 12.3 Å². The molecule has 333 valence electrons. The van der Waals surface area contributed by atoms with Crippen molar-refractivity contribution in [1.82, 2.24) is 0 Å². The molecule has 11 rings (SSSR count). The van der Waals surface area contributed by atoms with Gasteiger partial charge in [0.1, 0.15) is 7.85 Å². The zero-order valence-electron chi connectivity index (χ0n) is 47.6. The van der Waals surface area contributed by atoms with Crippen LogP contribution >= 0.6 is 0 Å². The summed E-state index contributed by atoms with van der Waals surface area (Å²) >= 11 is 0. The van der Waals surface area contributed by atoms with Crippen LogP contribution in [0.2, 0.25) is 0 Å². The first kappa shape index (κ1) is 65.0. The molecule has 0 unspecified atom stereocenters. The molecule has 0 atom stereocenters. The molecule has 0 saturated heterocycles. The SMILES string of the molecule is [B]Cc1c(-c2c([B])c(-c3c([B])c([B])c4oc5c([B])c([B])c([B])c([B])c5c4c3[B])c(C(=[B])/C([B])=C([B])\C([B])=C(\[B])C)c(-c3c([B])c([B])c4c([B])c([B])c5c([B])c([B])c([B])c6c([B])c([B])c3c4c56)c2[B])c([B])c([B])c2c([B])c([B])c3c([B])c([B])c([B])c(C#C)c3c12. The van der Waals surface area contributed by atoms with E-state index in [0.29, 0.717) is 0 Å². The van der Waals surface area contributed by atoms with E-state index in [4.69, 9.17) is 254 Å². The fourth-order valence-electron chi connectivity index (χ4n) is 12.8. The summed E-state index contributed by atoms with van der Waals surface area (Å²) in [6.07, 6.45) is 5.80. The maximum atomic E-state index is 7.93. The number of fused-ring (bicyclic) bond motifs is 6. The van der Waals surface area contributed by atoms with E-state index < -0.39 is 28.2 Å². The van der Waals surface area contributed by atoms with Gasteiger partial charge in [0, 0.05) is 0 Å². The van der Waals surface area contributed by atoms with Gasteiger partial charge in [0.15, 0.2) is 0 Å². The summed E-state index contributed by atoms with van der Waals surface area (Å²) in [7, 11) is 217. The standard InChI is InChI=1S/C57H6B31O/c1-3-6-8-9-7(4-58)10(32(65)36(69)19(9)38(71)37(70)18(8)43(76)49(82)28(6)61)20-29(62)14(15-13-11-12-22(40(73)33(13)66)44(77)50(83)45(78)23(12)42(75)41(74)21(11)39(72)34(15)67)16(35(68)51(84)48(81)27(60)5(2)59)17(30(20)63)24-31(64)25-26-47(80)52(85)53(86)55(88)57(26)89-56(25)54(87)46(24)79/h1H,4H2,2H3/b27-5-,51-48-. The van der Waals surface area contributed by atoms with Crippen molar-refractivity contribution in [2.24, 2.45) is 0 Å². The third kappa shape index (κ3) is 8.52. The van der Waals surface area contributed by atoms with Gasteiger partial charge < -0.3 is 0 Å². The molecule has 11 aromatic rings. The first-order chi connectivity index (χ1) is 41.6. The number of terminal acetylenes is 1. The summed E-state index contributed by atoms with van der Waals surface area (Å²) in [4.78, 5) is 0. The van der Waals surface area contributed by atoms with Crippen LogP contribution < -0.4 is 137 Å². The molecular weight excluding hydrogens is 1040 g/mol. The fraction of sp³-hybridized carbons (Fsp3) is 0.0351. The predicted molar refractivity (Wildman–Crippen MR) is 413 cm³/mol. The molecule has 0 aliphatic heterocycles. The van der Waals surface area contributed by atoms with E-state index in [1.807, 2.05) is 0 Å². The maximum absolute atomic E-state index is 7.93. The second-order valence-corrected chi connectivity index (χ2v) is 21.8. The number of hydrogen-bond donors (Lipinski definition) is 0. The Morgan fingerprint density at radius 3 is 1.10 bits per heavy atom. The average Bonchev–Trinajstić information content (AvgIpc) is 0.810. The van der Waals surface area contributed by atoms with Crippen molar-refractivity contribution in [2.75, 3.05) is 0 Å². The van der Waals surface area contributed by atoms with Crippen molar-refractivity contribution < 1.29 is 4.42 Å². The van der Waals surface area contributed by atoms with Gasteiger partial charge in [-0.05, 0) is 0 Å². The van der Waals surface area contributed by atoms with Crippen molar-refractivity contribution in [3.05, 3.63) is 38.6 Å². The van der Waals surface area contributed by atoms with Crippen molar-refractivity contribution in [1.29, 1.82) is 0 Å². The van der Waals surface area contributed by atoms with E-state index in [9.17, 15) is 0 Å². The van der Waals surface area contributed by atoms with Crippen LogP contribution in [0.5, 0.6) is 0 Å². The molecule has 61 radical (unpaired) electrons. The number of furan rings is 1. The number of benzene rings is 10. The summed E-state index contributed by atoms with van der Waals surface area (Å²) in [5.41, 5.74) is -7.96. The minimum absolute atomic E-state index is 0.000943. The minimum atomic E-state index is -0.487. The molecule has 1 nitrogen and oxygen atoms in total. The predicted octanol–water partition coefficient (Wildman–Crippen LogP) is -17.9. The van der Waals surface area contributed by atoms with E-state index in [2.05, 4.69) is 5.92 Å². The third-order valence-electron chi connectivity index (χ3n) is 17.4. The molecule has 89 heavy (non-hydrogen) atoms. The first-order valence-electron chi connectivity index (χ1n) is 26.4. The van der Waals surface area contributed by atoms with Crippen molar-refractivity contribution in [2.45, 2.75) is 13.2 Å². The quantitative estimate of drug-likeness (QED) is 0.0671. The number of allylic oxidation sites excluding steroid dienone is 4. The Hall–Kier alpha value is -5.52. The summed E-state index contributed by atoms with van der Waals surface area (Å²) in [6, 6.07) is 0. The fourth-order valence-corrected chi connectivity index (χ4v) is 12.8. The van der Waals surface area contributed by atoms with E-state index in [1.165, 1.54) is 6.92 Å². The molecule has 0 spiro atoms. The first-order valence-corrected chi connectivity index (χ1v) is 26.4. The van der Waals surface area contributed by atoms with Crippen LogP contribution in [0.3, 0.4) is 0 Å². The molecule has 0 fully saturated rings. The number of rotatable bonds is 7. The average molecular weight is 1040 g/mol. The molecule has 0 aliphatic carbocycles. The molecule has 0 amide bonds. The summed E-state index contributed by atoms with van der Waals surface area (Å²) in [5, 5.41) is 0.905. The van der Waals surface area contributed by atoms with Crippen LogP contribution in [-0.4, -0.2) is 248 Å². The van der Waals surface area contributed by atoms with Crippen molar-refractivity contribution in [3.63, 3.8) is 0 Å². The van der Waals surface area contributed by atoms with Crippen LogP contribution in [0.4, 0.5) is 0 Å². The second-order valence-electron chi connectivity index (χ2n) is 21.8. The van der Waals surface area contributed by atoms with Crippen LogP contribution in [0.25, 0.3) is 109 Å². The van der Waals surface area contributed by atoms with Crippen LogP contribution in [0.15, 0.2) is 26.3 Å². The van der Waals surface area contributed by atoms with Gasteiger partial charge in [0.05, 0.1) is 0 Å². The van der Waals surface area contributed by atoms with Gasteiger partial charge in [-0.25, -0.2) is 0 Å². The van der Waals surface area contributed by atoms with E-state index in [0.717, 1.165) is 0 Å². The van der Waals surface area contributed by atoms with Gasteiger partial charge in [-0.3, -0.25) is 0 Å². The Labute approximate surface area is 558 Å². The molecule has 0 aliphatic rings. The Kier molecular flexibility index (Phi) is 16.3. The molecular formula is C57H6B31O. The van der Waals surface area contributed by atoms with Gasteiger partial charge in [0.2, 0.25) is 0 Å². The van der Waals surface area contributed by atoms with Crippen LogP contribution in [0.1, 0.15) is 23.6 Å². The van der Waals surface area contributed by atoms with Gasteiger partial charge in [-0.15, -0.1) is 0 Å². The summed E-state index contributed by atoms with van der Waals surface area (Å²) in [6.45, 7) is 1.46. The number of hydrogen-bond acceptors (Lipinski definition) is 1. The van der Waals surface area contributed by atoms with E-state index in [-0.39, 0.29) is 268 Å². The Bertz CT molecular complexity index is 5350. The normalized spacial score (nSPS) is 12.5. The van der Waals surface area contributed by atoms with E-state index in [1.54, 1.807) is 0 Å². The Balaban J connectivity index is 1.54. The Morgan fingerprint density at radius 2 is 0.629 bits per heavy atom. The van der Waals surface area contributed by atoms with Crippen molar-refractivity contribution in [3.8, 4) is 45.7 Å². The molecule has 0 saturated carbocycles. The van der Waals surface area contributed by atoms with Gasteiger partial charge in [0.25, 0.3) is 0 Å². The second kappa shape index (κ2) is 22.4. The topological polar surface area (TPSA) is 13.1 Å². The Morgan fingerprint density at radius 1 is 0.303 bits per heavy atom. The molecule has 0 N–H and O–H groups in total. The van der Waals surface area contributed by atoms with Gasteiger partial charge >= 0.3 is 555 Å². The van der Waals surface area contributed by atoms with Crippen LogP contribution in [-0.2, 0) is 6.32 Å². The molecule has 0 bridgehead atoms.